The van der Waals surface area contributed by atoms with E-state index in [4.69, 9.17) is 0 Å². The summed E-state index contributed by atoms with van der Waals surface area (Å²) in [6.07, 6.45) is 5.57. The first-order valence-electron chi connectivity index (χ1n) is 6.87. The fourth-order valence-corrected chi connectivity index (χ4v) is 3.53. The van der Waals surface area contributed by atoms with E-state index in [1.165, 1.54) is 0 Å². The molecule has 0 atom stereocenters. The number of sulfonamides is 1. The predicted molar refractivity (Wildman–Crippen MR) is 85.7 cm³/mol. The molecule has 0 spiro atoms. The molecule has 116 valence electrons. The van der Waals surface area contributed by atoms with Gasteiger partial charge in [-0.3, -0.25) is 0 Å². The van der Waals surface area contributed by atoms with E-state index in [1.54, 1.807) is 24.0 Å². The van der Waals surface area contributed by atoms with Crippen molar-refractivity contribution in [3.63, 3.8) is 0 Å². The highest BCUT2D eigenvalue weighted by atomic mass is 32.2. The lowest BCUT2D eigenvalue weighted by molar-refractivity contribution is 0.580. The maximum Gasteiger partial charge on any atom is 0.242 e. The molecule has 1 heterocycles. The second kappa shape index (κ2) is 8.71. The van der Waals surface area contributed by atoms with E-state index >= 15 is 0 Å². The smallest absolute Gasteiger partial charge is 0.242 e. The van der Waals surface area contributed by atoms with Crippen LogP contribution in [0.25, 0.3) is 0 Å². The van der Waals surface area contributed by atoms with Crippen LogP contribution in [-0.4, -0.2) is 38.6 Å². The van der Waals surface area contributed by atoms with Crippen LogP contribution in [0, 0.1) is 0 Å². The third kappa shape index (κ3) is 5.12. The van der Waals surface area contributed by atoms with Gasteiger partial charge in [-0.05, 0) is 38.0 Å². The van der Waals surface area contributed by atoms with E-state index in [0.29, 0.717) is 18.0 Å². The minimum atomic E-state index is -3.39. The van der Waals surface area contributed by atoms with Crippen molar-refractivity contribution < 1.29 is 8.42 Å². The largest absolute Gasteiger partial charge is 0.349 e. The molecule has 2 N–H and O–H groups in total. The number of hydrogen-bond acceptors (Lipinski definition) is 4. The van der Waals surface area contributed by atoms with Crippen molar-refractivity contribution in [2.75, 3.05) is 25.6 Å². The average Bonchev–Trinajstić information content (AvgIpc) is 2.80. The Balaban J connectivity index is 2.80. The molecule has 1 aromatic rings. The molecule has 20 heavy (non-hydrogen) atoms. The molecule has 0 saturated heterocycles. The van der Waals surface area contributed by atoms with Crippen LogP contribution < -0.4 is 10.0 Å². The Morgan fingerprint density at radius 1 is 1.40 bits per heavy atom. The van der Waals surface area contributed by atoms with Crippen LogP contribution in [0.4, 0.5) is 0 Å². The summed E-state index contributed by atoms with van der Waals surface area (Å²) >= 11 is 1.72. The highest BCUT2D eigenvalue weighted by Gasteiger charge is 2.17. The SMILES string of the molecule is CCCn1cc(S(=O)(=O)NCCCSC)cc1CNC. The number of aryl methyl sites for hydroxylation is 1. The van der Waals surface area contributed by atoms with Gasteiger partial charge in [-0.25, -0.2) is 13.1 Å². The fourth-order valence-electron chi connectivity index (χ4n) is 1.96. The summed E-state index contributed by atoms with van der Waals surface area (Å²) in [5, 5.41) is 3.07. The van der Waals surface area contributed by atoms with E-state index < -0.39 is 10.0 Å². The normalized spacial score (nSPS) is 11.9. The third-order valence-electron chi connectivity index (χ3n) is 2.91. The Kier molecular flexibility index (Phi) is 7.65. The molecule has 1 rings (SSSR count). The van der Waals surface area contributed by atoms with Gasteiger partial charge in [-0.15, -0.1) is 0 Å². The highest BCUT2D eigenvalue weighted by molar-refractivity contribution is 7.98. The summed E-state index contributed by atoms with van der Waals surface area (Å²) in [7, 11) is -1.53. The van der Waals surface area contributed by atoms with E-state index in [0.717, 1.165) is 30.8 Å². The molecule has 0 fully saturated rings. The quantitative estimate of drug-likeness (QED) is 0.644. The summed E-state index contributed by atoms with van der Waals surface area (Å²) in [5.41, 5.74) is 0.999. The number of aromatic nitrogens is 1. The van der Waals surface area contributed by atoms with Crippen molar-refractivity contribution in [3.05, 3.63) is 18.0 Å². The van der Waals surface area contributed by atoms with E-state index in [9.17, 15) is 8.42 Å². The summed E-state index contributed by atoms with van der Waals surface area (Å²) in [4.78, 5) is 0.361. The maximum atomic E-state index is 12.2. The van der Waals surface area contributed by atoms with Gasteiger partial charge in [0.2, 0.25) is 10.0 Å². The second-order valence-electron chi connectivity index (χ2n) is 4.63. The number of thioether (sulfide) groups is 1. The Morgan fingerprint density at radius 2 is 2.15 bits per heavy atom. The van der Waals surface area contributed by atoms with Gasteiger partial charge in [0.05, 0.1) is 4.90 Å². The van der Waals surface area contributed by atoms with Gasteiger partial charge in [0.25, 0.3) is 0 Å². The van der Waals surface area contributed by atoms with Crippen LogP contribution in [0.2, 0.25) is 0 Å². The van der Waals surface area contributed by atoms with Crippen molar-refractivity contribution in [3.8, 4) is 0 Å². The molecule has 0 aliphatic rings. The lowest BCUT2D eigenvalue weighted by atomic mass is 10.4. The molecule has 0 saturated carbocycles. The molecular weight excluding hydrogens is 294 g/mol. The zero-order valence-corrected chi connectivity index (χ0v) is 14.1. The van der Waals surface area contributed by atoms with Crippen molar-refractivity contribution in [1.82, 2.24) is 14.6 Å². The van der Waals surface area contributed by atoms with Crippen molar-refractivity contribution >= 4 is 21.8 Å². The van der Waals surface area contributed by atoms with Gasteiger partial charge >= 0.3 is 0 Å². The summed E-state index contributed by atoms with van der Waals surface area (Å²) in [5.74, 6) is 0.963. The van der Waals surface area contributed by atoms with Crippen molar-refractivity contribution in [1.29, 1.82) is 0 Å². The lowest BCUT2D eigenvalue weighted by Crippen LogP contribution is -2.24. The van der Waals surface area contributed by atoms with Crippen molar-refractivity contribution in [2.45, 2.75) is 37.8 Å². The third-order valence-corrected chi connectivity index (χ3v) is 5.04. The van der Waals surface area contributed by atoms with Gasteiger partial charge in [0.1, 0.15) is 0 Å². The molecule has 0 amide bonds. The molecular formula is C13H25N3O2S2. The Bertz CT molecular complexity index is 474. The van der Waals surface area contributed by atoms with Crippen LogP contribution >= 0.6 is 11.8 Å². The van der Waals surface area contributed by atoms with Gasteiger partial charge in [-0.2, -0.15) is 11.8 Å². The first kappa shape index (κ1) is 17.6. The number of hydrogen-bond donors (Lipinski definition) is 2. The van der Waals surface area contributed by atoms with Gasteiger partial charge < -0.3 is 9.88 Å². The Morgan fingerprint density at radius 3 is 2.75 bits per heavy atom. The highest BCUT2D eigenvalue weighted by Crippen LogP contribution is 2.15. The maximum absolute atomic E-state index is 12.2. The summed E-state index contributed by atoms with van der Waals surface area (Å²) < 4.78 is 29.1. The molecule has 0 aliphatic carbocycles. The lowest BCUT2D eigenvalue weighted by Gasteiger charge is -2.06. The van der Waals surface area contributed by atoms with E-state index in [-0.39, 0.29) is 0 Å². The monoisotopic (exact) mass is 319 g/mol. The van der Waals surface area contributed by atoms with Crippen molar-refractivity contribution in [2.24, 2.45) is 0 Å². The average molecular weight is 319 g/mol. The zero-order chi connectivity index (χ0) is 15.0. The van der Waals surface area contributed by atoms with E-state index in [2.05, 4.69) is 17.0 Å². The number of nitrogens with one attached hydrogen (secondary N) is 2. The van der Waals surface area contributed by atoms with E-state index in [1.807, 2.05) is 17.9 Å². The first-order chi connectivity index (χ1) is 9.55. The fraction of sp³-hybridized carbons (Fsp3) is 0.692. The molecule has 0 radical (unpaired) electrons. The number of nitrogens with zero attached hydrogens (tertiary/aromatic N) is 1. The summed E-state index contributed by atoms with van der Waals surface area (Å²) in [6.45, 7) is 4.07. The molecule has 0 aliphatic heterocycles. The van der Waals surface area contributed by atoms with Crippen LogP contribution in [0.1, 0.15) is 25.5 Å². The molecule has 7 heteroatoms. The standard InChI is InChI=1S/C13H25N3O2S2/c1-4-7-16-11-13(9-12(16)10-14-2)20(17,18)15-6-5-8-19-3/h9,11,14-15H,4-8,10H2,1-3H3. The minimum Gasteiger partial charge on any atom is -0.349 e. The molecule has 0 unspecified atom stereocenters. The van der Waals surface area contributed by atoms with Gasteiger partial charge in [0.15, 0.2) is 0 Å². The summed E-state index contributed by atoms with van der Waals surface area (Å²) in [6, 6.07) is 1.75. The van der Waals surface area contributed by atoms with Gasteiger partial charge in [0, 0.05) is 31.5 Å². The molecule has 0 bridgehead atoms. The number of rotatable bonds is 10. The predicted octanol–water partition coefficient (Wildman–Crippen LogP) is 1.65. The molecule has 1 aromatic heterocycles. The Hall–Kier alpha value is -0.500. The van der Waals surface area contributed by atoms with Gasteiger partial charge in [-0.1, -0.05) is 6.92 Å². The second-order valence-corrected chi connectivity index (χ2v) is 7.39. The van der Waals surface area contributed by atoms with Crippen LogP contribution in [-0.2, 0) is 23.1 Å². The van der Waals surface area contributed by atoms with Crippen LogP contribution in [0.3, 0.4) is 0 Å². The molecule has 5 nitrogen and oxygen atoms in total. The topological polar surface area (TPSA) is 63.1 Å². The Labute approximate surface area is 126 Å². The van der Waals surface area contributed by atoms with Crippen LogP contribution in [0.15, 0.2) is 17.2 Å². The minimum absolute atomic E-state index is 0.361. The zero-order valence-electron chi connectivity index (χ0n) is 12.5. The van der Waals surface area contributed by atoms with Crippen LogP contribution in [0.5, 0.6) is 0 Å². The molecule has 0 aromatic carbocycles. The first-order valence-corrected chi connectivity index (χ1v) is 9.75.